The second-order valence-electron chi connectivity index (χ2n) is 7.78. The molecule has 0 amide bonds. The molecule has 0 bridgehead atoms. The van der Waals surface area contributed by atoms with Crippen LogP contribution in [0.15, 0.2) is 0 Å². The Morgan fingerprint density at radius 3 is 0.444 bits per heavy atom. The standard InChI is InChI=1S/5C4H8N2S.Bi.H/c5*7-4-5-2-1-3-6-4;;/h5*1-3H2,(H2,5,6,7);;/p+5. The maximum absolute atomic E-state index is 4.06. The summed E-state index contributed by atoms with van der Waals surface area (Å²) in [4.78, 5) is 0. The molecule has 5 fully saturated rings. The number of rotatable bonds is 0. The van der Waals surface area contributed by atoms with Gasteiger partial charge < -0.3 is 0 Å². The van der Waals surface area contributed by atoms with Gasteiger partial charge in [-0.05, 0) is 32.1 Å². The van der Waals surface area contributed by atoms with Gasteiger partial charge in [-0.15, -0.1) is 0 Å². The van der Waals surface area contributed by atoms with Crippen molar-refractivity contribution in [2.45, 2.75) is 32.1 Å². The molecule has 5 aliphatic rings. The first-order valence-corrected chi connectivity index (χ1v) is 14.4. The molecular weight excluding hydrogens is 750 g/mol. The second kappa shape index (κ2) is 26.2. The fourth-order valence-electron chi connectivity index (χ4n) is 2.82. The molecule has 0 aromatic heterocycles. The van der Waals surface area contributed by atoms with E-state index in [-0.39, 0.29) is 26.2 Å². The van der Waals surface area contributed by atoms with Crippen molar-refractivity contribution in [1.82, 2.24) is 53.2 Å². The molecule has 5 aliphatic heterocycles. The molecule has 16 heteroatoms. The SMILES string of the molecule is [BiH].[SH+]=C1NCCCN1.[SH+]=C1NCCCN1.[SH+]=C1NCCCN1.[SH+]=C1NCCCN1.[SH+]=C1NCCCN1. The van der Waals surface area contributed by atoms with E-state index >= 15 is 0 Å². The van der Waals surface area contributed by atoms with Crippen LogP contribution in [0.4, 0.5) is 0 Å². The van der Waals surface area contributed by atoms with Crippen molar-refractivity contribution >= 4 is 113 Å². The number of nitrogens with one attached hydrogen (secondary N) is 10. The van der Waals surface area contributed by atoms with Gasteiger partial charge in [0, 0.05) is 65.4 Å². The summed E-state index contributed by atoms with van der Waals surface area (Å²) in [6.45, 7) is 10.6. The van der Waals surface area contributed by atoms with Gasteiger partial charge in [-0.1, -0.05) is 0 Å². The van der Waals surface area contributed by atoms with Gasteiger partial charge in [0.15, 0.2) is 61.1 Å². The minimum Gasteiger partial charge on any atom is -0.230 e. The zero-order valence-corrected chi connectivity index (χ0v) is 29.2. The molecule has 10 nitrogen and oxygen atoms in total. The fraction of sp³-hybridized carbons (Fsp3) is 0.750. The third-order valence-electron chi connectivity index (χ3n) is 4.69. The average Bonchev–Trinajstić information content (AvgIpc) is 2.88. The van der Waals surface area contributed by atoms with Crippen LogP contribution in [0.2, 0.25) is 0 Å². The molecule has 5 rings (SSSR count). The van der Waals surface area contributed by atoms with E-state index in [9.17, 15) is 0 Å². The summed E-state index contributed by atoms with van der Waals surface area (Å²) in [5, 5.41) is 35.1. The first kappa shape index (κ1) is 36.9. The molecule has 36 heavy (non-hydrogen) atoms. The predicted octanol–water partition coefficient (Wildman–Crippen LogP) is -5.97. The van der Waals surface area contributed by atoms with Crippen molar-refractivity contribution < 1.29 is 0 Å². The Hall–Kier alpha value is 0.933. The largest absolute Gasteiger partial charge is 0.317 e. The first-order chi connectivity index (χ1) is 17.0. The van der Waals surface area contributed by atoms with Crippen LogP contribution >= 0.6 is 0 Å². The summed E-state index contributed by atoms with van der Waals surface area (Å²) in [7, 11) is 0. The number of thiol groups is 5. The van der Waals surface area contributed by atoms with E-state index in [0.29, 0.717) is 0 Å². The minimum atomic E-state index is 0. The van der Waals surface area contributed by atoms with Gasteiger partial charge in [0.05, 0.1) is 0 Å². The maximum Gasteiger partial charge on any atom is 0.317 e. The van der Waals surface area contributed by atoms with Crippen LogP contribution in [0, 0.1) is 0 Å². The maximum atomic E-state index is 4.06. The van der Waals surface area contributed by atoms with Gasteiger partial charge in [0.1, 0.15) is 0 Å². The van der Waals surface area contributed by atoms with Crippen molar-refractivity contribution in [3.05, 3.63) is 0 Å². The van der Waals surface area contributed by atoms with Crippen molar-refractivity contribution in [2.24, 2.45) is 0 Å². The normalized spacial score (nSPS) is 21.9. The summed E-state index contributed by atoms with van der Waals surface area (Å²) in [6.07, 6.45) is 5.99. The molecule has 0 unspecified atom stereocenters. The Bertz CT molecular complexity index is 503. The van der Waals surface area contributed by atoms with Crippen molar-refractivity contribution in [1.29, 1.82) is 0 Å². The molecule has 2 radical (unpaired) electrons. The quantitative estimate of drug-likeness (QED) is 0.0503. The smallest absolute Gasteiger partial charge is 0.230 e. The summed E-state index contributed by atoms with van der Waals surface area (Å²) in [6, 6.07) is 0. The summed E-state index contributed by atoms with van der Waals surface area (Å²) in [5.41, 5.74) is 0. The molecule has 10 N–H and O–H groups in total. The summed E-state index contributed by atoms with van der Waals surface area (Å²) >= 11 is 20.3. The third-order valence-corrected chi connectivity index (χ3v) is 6.27. The van der Waals surface area contributed by atoms with Gasteiger partial charge in [-0.2, -0.15) is 0 Å². The number of hydrogen-bond acceptors (Lipinski definition) is 0. The molecule has 0 saturated carbocycles. The van der Waals surface area contributed by atoms with E-state index < -0.39 is 0 Å². The van der Waals surface area contributed by atoms with Crippen LogP contribution in [0.25, 0.3) is 0 Å². The summed E-state index contributed by atoms with van der Waals surface area (Å²) in [5.74, 6) is 0. The Morgan fingerprint density at radius 1 is 0.278 bits per heavy atom. The molecule has 0 aromatic carbocycles. The van der Waals surface area contributed by atoms with E-state index in [1.165, 1.54) is 32.1 Å². The van der Waals surface area contributed by atoms with Crippen LogP contribution in [-0.4, -0.2) is 117 Å². The fourth-order valence-corrected chi connectivity index (χ4v) is 3.94. The van der Waals surface area contributed by atoms with Gasteiger partial charge in [-0.3, -0.25) is 0 Å². The van der Waals surface area contributed by atoms with Crippen LogP contribution < -0.4 is 53.2 Å². The molecule has 5 heterocycles. The molecule has 0 atom stereocenters. The van der Waals surface area contributed by atoms with Crippen molar-refractivity contribution in [3.8, 4) is 0 Å². The minimum absolute atomic E-state index is 0. The third kappa shape index (κ3) is 24.0. The molecule has 206 valence electrons. The van der Waals surface area contributed by atoms with E-state index in [4.69, 9.17) is 0 Å². The average molecular weight is 796 g/mol. The van der Waals surface area contributed by atoms with Crippen LogP contribution in [-0.2, 0) is 61.1 Å². The van der Waals surface area contributed by atoms with Gasteiger partial charge in [0.2, 0.25) is 0 Å². The van der Waals surface area contributed by atoms with Crippen LogP contribution in [0.1, 0.15) is 32.1 Å². The summed E-state index contributed by atoms with van der Waals surface area (Å²) < 4.78 is 0. The van der Waals surface area contributed by atoms with Gasteiger partial charge in [0.25, 0.3) is 0 Å². The second-order valence-corrected chi connectivity index (χ2v) is 10.0. The Morgan fingerprint density at radius 2 is 0.389 bits per heavy atom. The van der Waals surface area contributed by atoms with Crippen LogP contribution in [0.3, 0.4) is 0 Å². The monoisotopic (exact) mass is 795 g/mol. The topological polar surface area (TPSA) is 120 Å². The van der Waals surface area contributed by atoms with E-state index in [2.05, 4.69) is 114 Å². The molecule has 5 saturated heterocycles. The van der Waals surface area contributed by atoms with E-state index in [1.54, 1.807) is 0 Å². The zero-order valence-electron chi connectivity index (χ0n) is 20.8. The molecular formula is C20H46BiN10S5+5. The predicted molar refractivity (Wildman–Crippen MR) is 179 cm³/mol. The Kier molecular flexibility index (Phi) is 26.8. The van der Waals surface area contributed by atoms with Crippen molar-refractivity contribution in [3.63, 3.8) is 0 Å². The van der Waals surface area contributed by atoms with Gasteiger partial charge in [-0.25, -0.2) is 53.2 Å². The molecule has 0 spiro atoms. The Balaban J connectivity index is 0.000000422. The number of hydrogen-bond donors (Lipinski definition) is 10. The first-order valence-electron chi connectivity index (χ1n) is 12.2. The van der Waals surface area contributed by atoms with E-state index in [1.807, 2.05) is 0 Å². The van der Waals surface area contributed by atoms with Crippen molar-refractivity contribution in [2.75, 3.05) is 65.4 Å². The molecule has 0 aliphatic carbocycles. The Labute approximate surface area is 261 Å². The molecule has 0 aromatic rings. The van der Waals surface area contributed by atoms with Gasteiger partial charge >= 0.3 is 51.8 Å². The zero-order chi connectivity index (χ0) is 25.6. The van der Waals surface area contributed by atoms with E-state index in [0.717, 1.165) is 91.0 Å². The van der Waals surface area contributed by atoms with Crippen LogP contribution in [0.5, 0.6) is 0 Å².